The monoisotopic (exact) mass is 441 g/mol. The van der Waals surface area contributed by atoms with Gasteiger partial charge in [0.15, 0.2) is 11.5 Å². The van der Waals surface area contributed by atoms with Crippen LogP contribution < -0.4 is 20.1 Å². The normalized spacial score (nSPS) is 28.6. The molecule has 6 heteroatoms. The van der Waals surface area contributed by atoms with E-state index in [4.69, 9.17) is 9.47 Å². The summed E-state index contributed by atoms with van der Waals surface area (Å²) in [5.74, 6) is 3.15. The molecule has 5 rings (SSSR count). The number of allylic oxidation sites excluding steroid dienone is 1. The molecule has 0 radical (unpaired) electrons. The van der Waals surface area contributed by atoms with Gasteiger partial charge in [0.1, 0.15) is 0 Å². The average molecular weight is 442 g/mol. The second kappa shape index (κ2) is 9.44. The van der Waals surface area contributed by atoms with Crippen LogP contribution in [0.25, 0.3) is 0 Å². The number of fused-ring (bicyclic) bond motifs is 1. The molecule has 0 spiro atoms. The van der Waals surface area contributed by atoms with Gasteiger partial charge >= 0.3 is 0 Å². The standard InChI is InChI=1S/C26H39N3O3/c1-6-27-25(30)22-13-20(28-14-17-10-11-19-12-21(17)26(19,2)3)16-29(22)15-18-8-7-9-23(31-4)24(18)32-5/h7-10,19-22,28H,6,11-16H2,1-5H3,(H,27,30)/t19-,20+,21-,22-/m0/s1. The number of carbonyl (C=O) groups excluding carboxylic acids is 1. The predicted molar refractivity (Wildman–Crippen MR) is 127 cm³/mol. The summed E-state index contributed by atoms with van der Waals surface area (Å²) in [5.41, 5.74) is 3.05. The Bertz CT molecular complexity index is 866. The zero-order valence-electron chi connectivity index (χ0n) is 20.2. The van der Waals surface area contributed by atoms with E-state index in [0.29, 0.717) is 30.5 Å². The number of benzene rings is 1. The molecular weight excluding hydrogens is 402 g/mol. The molecule has 1 aromatic carbocycles. The first-order chi connectivity index (χ1) is 15.4. The molecule has 6 nitrogen and oxygen atoms in total. The predicted octanol–water partition coefficient (Wildman–Crippen LogP) is 3.36. The molecule has 1 aromatic rings. The first-order valence-corrected chi connectivity index (χ1v) is 12.0. The van der Waals surface area contributed by atoms with Crippen LogP contribution in [-0.4, -0.2) is 56.7 Å². The zero-order valence-corrected chi connectivity index (χ0v) is 20.2. The highest BCUT2D eigenvalue weighted by atomic mass is 16.5. The van der Waals surface area contributed by atoms with Crippen molar-refractivity contribution in [2.75, 3.05) is 33.9 Å². The van der Waals surface area contributed by atoms with Gasteiger partial charge in [-0.25, -0.2) is 0 Å². The lowest BCUT2D eigenvalue weighted by Gasteiger charge is -2.56. The number of carbonyl (C=O) groups is 1. The second-order valence-electron chi connectivity index (χ2n) is 10.1. The Hall–Kier alpha value is -2.05. The van der Waals surface area contributed by atoms with Gasteiger partial charge in [0.2, 0.25) is 5.91 Å². The summed E-state index contributed by atoms with van der Waals surface area (Å²) >= 11 is 0. The van der Waals surface area contributed by atoms with Crippen molar-refractivity contribution in [3.63, 3.8) is 0 Å². The van der Waals surface area contributed by atoms with Gasteiger partial charge in [0.25, 0.3) is 0 Å². The highest BCUT2D eigenvalue weighted by Crippen LogP contribution is 2.59. The summed E-state index contributed by atoms with van der Waals surface area (Å²) in [6, 6.07) is 6.09. The van der Waals surface area contributed by atoms with Crippen LogP contribution in [-0.2, 0) is 11.3 Å². The van der Waals surface area contributed by atoms with Crippen molar-refractivity contribution in [3.8, 4) is 11.5 Å². The van der Waals surface area contributed by atoms with E-state index in [9.17, 15) is 4.79 Å². The molecule has 0 unspecified atom stereocenters. The topological polar surface area (TPSA) is 62.8 Å². The summed E-state index contributed by atoms with van der Waals surface area (Å²) in [6.07, 6.45) is 5.84. The minimum atomic E-state index is -0.145. The van der Waals surface area contributed by atoms with Crippen molar-refractivity contribution in [1.29, 1.82) is 0 Å². The first-order valence-electron chi connectivity index (χ1n) is 12.0. The van der Waals surface area contributed by atoms with E-state index < -0.39 is 0 Å². The number of rotatable bonds is 9. The van der Waals surface area contributed by atoms with Gasteiger partial charge in [-0.15, -0.1) is 0 Å². The molecule has 4 aliphatic rings. The van der Waals surface area contributed by atoms with Crippen LogP contribution in [0.15, 0.2) is 29.8 Å². The van der Waals surface area contributed by atoms with Crippen molar-refractivity contribution in [2.45, 2.75) is 58.7 Å². The molecule has 2 bridgehead atoms. The smallest absolute Gasteiger partial charge is 0.237 e. The summed E-state index contributed by atoms with van der Waals surface area (Å²) in [6.45, 7) is 9.89. The Morgan fingerprint density at radius 2 is 2.03 bits per heavy atom. The van der Waals surface area contributed by atoms with E-state index in [-0.39, 0.29) is 11.9 Å². The summed E-state index contributed by atoms with van der Waals surface area (Å²) in [4.78, 5) is 15.1. The first kappa shape index (κ1) is 23.1. The molecule has 2 fully saturated rings. The number of hydrogen-bond acceptors (Lipinski definition) is 5. The minimum Gasteiger partial charge on any atom is -0.493 e. The number of amides is 1. The Morgan fingerprint density at radius 3 is 2.69 bits per heavy atom. The zero-order chi connectivity index (χ0) is 22.9. The van der Waals surface area contributed by atoms with Gasteiger partial charge in [-0.2, -0.15) is 0 Å². The second-order valence-corrected chi connectivity index (χ2v) is 10.1. The van der Waals surface area contributed by atoms with Crippen LogP contribution in [0.2, 0.25) is 0 Å². The molecule has 1 saturated heterocycles. The number of likely N-dealkylation sites (N-methyl/N-ethyl adjacent to an activating group) is 1. The van der Waals surface area contributed by atoms with Crippen LogP contribution in [0.1, 0.15) is 45.6 Å². The van der Waals surface area contributed by atoms with Crippen molar-refractivity contribution in [1.82, 2.24) is 15.5 Å². The van der Waals surface area contributed by atoms with Gasteiger partial charge < -0.3 is 20.1 Å². The third-order valence-electron chi connectivity index (χ3n) is 8.09. The van der Waals surface area contributed by atoms with Gasteiger partial charge in [-0.3, -0.25) is 9.69 Å². The fourth-order valence-corrected chi connectivity index (χ4v) is 6.03. The number of nitrogens with zero attached hydrogens (tertiary/aromatic N) is 1. The van der Waals surface area contributed by atoms with Crippen molar-refractivity contribution >= 4 is 5.91 Å². The number of ether oxygens (including phenoxy) is 2. The Balaban J connectivity index is 1.45. The molecule has 3 aliphatic carbocycles. The van der Waals surface area contributed by atoms with Crippen LogP contribution in [0, 0.1) is 17.3 Å². The number of hydrogen-bond donors (Lipinski definition) is 2. The van der Waals surface area contributed by atoms with Crippen molar-refractivity contribution < 1.29 is 14.3 Å². The van der Waals surface area contributed by atoms with E-state index in [1.807, 2.05) is 19.1 Å². The number of methoxy groups -OCH3 is 2. The Kier molecular flexibility index (Phi) is 6.82. The van der Waals surface area contributed by atoms with E-state index in [1.54, 1.807) is 19.8 Å². The quantitative estimate of drug-likeness (QED) is 0.576. The lowest BCUT2D eigenvalue weighted by molar-refractivity contribution is -0.125. The Morgan fingerprint density at radius 1 is 1.22 bits per heavy atom. The molecule has 1 aliphatic heterocycles. The Labute approximate surface area is 192 Å². The van der Waals surface area contributed by atoms with Crippen LogP contribution in [0.5, 0.6) is 11.5 Å². The SMILES string of the molecule is CCNC(=O)[C@@H]1C[C@@H](NCC2=CC[C@H]3C[C@@H]2C3(C)C)CN1Cc1cccc(OC)c1OC. The third kappa shape index (κ3) is 4.27. The number of para-hydroxylation sites is 1. The molecular formula is C26H39N3O3. The number of nitrogens with one attached hydrogen (secondary N) is 2. The maximum atomic E-state index is 12.9. The number of likely N-dealkylation sites (tertiary alicyclic amines) is 1. The molecule has 176 valence electrons. The van der Waals surface area contributed by atoms with Crippen LogP contribution in [0.4, 0.5) is 0 Å². The lowest BCUT2D eigenvalue weighted by Crippen LogP contribution is -2.50. The van der Waals surface area contributed by atoms with Crippen LogP contribution >= 0.6 is 0 Å². The highest BCUT2D eigenvalue weighted by molar-refractivity contribution is 5.82. The van der Waals surface area contributed by atoms with Crippen molar-refractivity contribution in [2.24, 2.45) is 17.3 Å². The molecule has 1 saturated carbocycles. The fourth-order valence-electron chi connectivity index (χ4n) is 6.03. The highest BCUT2D eigenvalue weighted by Gasteiger charge is 2.51. The molecule has 0 aromatic heterocycles. The van der Waals surface area contributed by atoms with E-state index in [1.165, 1.54) is 12.8 Å². The van der Waals surface area contributed by atoms with E-state index >= 15 is 0 Å². The van der Waals surface area contributed by atoms with Gasteiger partial charge in [0, 0.05) is 37.8 Å². The van der Waals surface area contributed by atoms with Crippen molar-refractivity contribution in [3.05, 3.63) is 35.4 Å². The van der Waals surface area contributed by atoms with E-state index in [2.05, 4.69) is 41.5 Å². The van der Waals surface area contributed by atoms with E-state index in [0.717, 1.165) is 42.5 Å². The molecule has 2 N–H and O–H groups in total. The van der Waals surface area contributed by atoms with Crippen LogP contribution in [0.3, 0.4) is 0 Å². The van der Waals surface area contributed by atoms with Gasteiger partial charge in [-0.1, -0.05) is 37.6 Å². The third-order valence-corrected chi connectivity index (χ3v) is 8.09. The van der Waals surface area contributed by atoms with Gasteiger partial charge in [0.05, 0.1) is 20.3 Å². The average Bonchev–Trinajstić information content (AvgIpc) is 3.20. The maximum absolute atomic E-state index is 12.9. The molecule has 1 heterocycles. The molecule has 32 heavy (non-hydrogen) atoms. The summed E-state index contributed by atoms with van der Waals surface area (Å²) in [5, 5.41) is 6.82. The summed E-state index contributed by atoms with van der Waals surface area (Å²) < 4.78 is 11.1. The lowest BCUT2D eigenvalue weighted by atomic mass is 9.49. The fraction of sp³-hybridized carbons (Fsp3) is 0.654. The molecule has 4 atom stereocenters. The molecule has 1 amide bonds. The summed E-state index contributed by atoms with van der Waals surface area (Å²) in [7, 11) is 3.32. The largest absolute Gasteiger partial charge is 0.493 e. The van der Waals surface area contributed by atoms with Gasteiger partial charge in [-0.05, 0) is 49.5 Å². The minimum absolute atomic E-state index is 0.110. The maximum Gasteiger partial charge on any atom is 0.237 e.